The van der Waals surface area contributed by atoms with Crippen molar-refractivity contribution in [3.05, 3.63) is 35.5 Å². The van der Waals surface area contributed by atoms with Crippen LogP contribution < -0.4 is 4.72 Å². The summed E-state index contributed by atoms with van der Waals surface area (Å²) in [6.07, 6.45) is 1.03. The fourth-order valence-electron chi connectivity index (χ4n) is 1.71. The molecule has 0 atom stereocenters. The molecule has 0 spiro atoms. The lowest BCUT2D eigenvalue weighted by molar-refractivity contribution is 0.606. The minimum Gasteiger partial charge on any atom is -0.250 e. The Morgan fingerprint density at radius 2 is 2.00 bits per heavy atom. The van der Waals surface area contributed by atoms with Crippen molar-refractivity contribution in [1.82, 2.24) is 14.6 Å². The molecule has 20 heavy (non-hydrogen) atoms. The average molecular weight is 312 g/mol. The van der Waals surface area contributed by atoms with Gasteiger partial charge in [-0.25, -0.2) is 17.3 Å². The molecule has 0 fully saturated rings. The van der Waals surface area contributed by atoms with E-state index >= 15 is 0 Å². The van der Waals surface area contributed by atoms with E-state index in [2.05, 4.69) is 14.8 Å². The fraction of sp³-hybridized carbons (Fsp3) is 0.0909. The Morgan fingerprint density at radius 1 is 1.30 bits per heavy atom. The predicted octanol–water partition coefficient (Wildman–Crippen LogP) is 1.97. The van der Waals surface area contributed by atoms with Gasteiger partial charge in [0.05, 0.1) is 11.9 Å². The second kappa shape index (κ2) is 4.53. The number of hydrogen-bond acceptors (Lipinski definition) is 5. The number of halogens is 1. The van der Waals surface area contributed by atoms with Crippen molar-refractivity contribution in [2.75, 3.05) is 11.0 Å². The zero-order valence-corrected chi connectivity index (χ0v) is 11.9. The van der Waals surface area contributed by atoms with Crippen LogP contribution in [-0.4, -0.2) is 29.3 Å². The number of nitrogens with one attached hydrogen (secondary N) is 1. The quantitative estimate of drug-likeness (QED) is 0.802. The van der Waals surface area contributed by atoms with Crippen LogP contribution in [0.25, 0.3) is 16.2 Å². The van der Waals surface area contributed by atoms with Crippen LogP contribution in [0.1, 0.15) is 0 Å². The maximum atomic E-state index is 12.9. The molecule has 0 radical (unpaired) electrons. The van der Waals surface area contributed by atoms with E-state index in [4.69, 9.17) is 0 Å². The Bertz CT molecular complexity index is 868. The van der Waals surface area contributed by atoms with Gasteiger partial charge in [0.25, 0.3) is 5.95 Å². The van der Waals surface area contributed by atoms with E-state index < -0.39 is 10.0 Å². The molecule has 6 nitrogen and oxygen atoms in total. The molecule has 104 valence electrons. The second-order valence-corrected chi connectivity index (χ2v) is 6.72. The first-order valence-electron chi connectivity index (χ1n) is 5.50. The van der Waals surface area contributed by atoms with Crippen LogP contribution in [0.15, 0.2) is 29.6 Å². The summed E-state index contributed by atoms with van der Waals surface area (Å²) < 4.78 is 39.0. The molecule has 1 aromatic carbocycles. The van der Waals surface area contributed by atoms with Crippen molar-refractivity contribution < 1.29 is 12.8 Å². The molecule has 2 heterocycles. The lowest BCUT2D eigenvalue weighted by atomic mass is 10.2. The predicted molar refractivity (Wildman–Crippen MR) is 74.7 cm³/mol. The summed E-state index contributed by atoms with van der Waals surface area (Å²) in [5, 5.41) is 5.91. The van der Waals surface area contributed by atoms with Crippen LogP contribution in [0.2, 0.25) is 0 Å². The highest BCUT2D eigenvalue weighted by Gasteiger charge is 2.13. The number of hydrogen-bond donors (Lipinski definition) is 1. The standard InChI is InChI=1S/C11H9FN4O2S2/c1-20(17,18)15-10-13-11-16(14-10)9(6-19-11)7-2-4-8(12)5-3-7/h2-6H,1H3,(H,14,15). The number of thiazole rings is 1. The number of benzene rings is 1. The van der Waals surface area contributed by atoms with Crippen molar-refractivity contribution in [3.63, 3.8) is 0 Å². The molecule has 9 heteroatoms. The Balaban J connectivity index is 2.06. The maximum Gasteiger partial charge on any atom is 0.257 e. The topological polar surface area (TPSA) is 76.4 Å². The van der Waals surface area contributed by atoms with E-state index in [-0.39, 0.29) is 11.8 Å². The zero-order valence-electron chi connectivity index (χ0n) is 10.2. The molecule has 3 rings (SSSR count). The molecule has 0 bridgehead atoms. The number of fused-ring (bicyclic) bond motifs is 1. The van der Waals surface area contributed by atoms with Crippen molar-refractivity contribution in [2.24, 2.45) is 0 Å². The third kappa shape index (κ3) is 2.49. The molecule has 0 aliphatic carbocycles. The Kier molecular flexibility index (Phi) is 2.94. The molecule has 0 amide bonds. The molecule has 3 aromatic rings. The zero-order chi connectivity index (χ0) is 14.3. The highest BCUT2D eigenvalue weighted by molar-refractivity contribution is 7.91. The summed E-state index contributed by atoms with van der Waals surface area (Å²) in [7, 11) is -3.42. The van der Waals surface area contributed by atoms with Crippen molar-refractivity contribution in [2.45, 2.75) is 0 Å². The number of aromatic nitrogens is 3. The highest BCUT2D eigenvalue weighted by Crippen LogP contribution is 2.26. The number of anilines is 1. The first-order chi connectivity index (χ1) is 9.42. The number of nitrogens with zero attached hydrogens (tertiary/aromatic N) is 3. The van der Waals surface area contributed by atoms with E-state index in [0.29, 0.717) is 4.96 Å². The number of sulfonamides is 1. The molecule has 0 saturated carbocycles. The monoisotopic (exact) mass is 312 g/mol. The van der Waals surface area contributed by atoms with Crippen LogP contribution in [-0.2, 0) is 10.0 Å². The lowest BCUT2D eigenvalue weighted by Crippen LogP contribution is -2.10. The summed E-state index contributed by atoms with van der Waals surface area (Å²) in [4.78, 5) is 4.62. The van der Waals surface area contributed by atoms with Crippen molar-refractivity contribution in [1.29, 1.82) is 0 Å². The molecule has 1 N–H and O–H groups in total. The molecule has 0 unspecified atom stereocenters. The van der Waals surface area contributed by atoms with Gasteiger partial charge in [0.1, 0.15) is 5.82 Å². The first-order valence-corrected chi connectivity index (χ1v) is 8.27. The van der Waals surface area contributed by atoms with Gasteiger partial charge >= 0.3 is 0 Å². The fourth-order valence-corrected chi connectivity index (χ4v) is 2.96. The molecular formula is C11H9FN4O2S2. The highest BCUT2D eigenvalue weighted by atomic mass is 32.2. The van der Waals surface area contributed by atoms with E-state index in [1.807, 2.05) is 5.38 Å². The third-order valence-corrected chi connectivity index (χ3v) is 3.87. The average Bonchev–Trinajstić information content (AvgIpc) is 2.87. The Morgan fingerprint density at radius 3 is 2.65 bits per heavy atom. The normalized spacial score (nSPS) is 11.9. The van der Waals surface area contributed by atoms with E-state index in [1.54, 1.807) is 12.1 Å². The van der Waals surface area contributed by atoms with Gasteiger partial charge in [-0.3, -0.25) is 4.72 Å². The SMILES string of the molecule is CS(=O)(=O)Nc1nc2scc(-c3ccc(F)cc3)n2n1. The summed E-state index contributed by atoms with van der Waals surface area (Å²) in [5.74, 6) is -0.305. The molecule has 0 aliphatic heterocycles. The third-order valence-electron chi connectivity index (χ3n) is 2.50. The summed E-state index contributed by atoms with van der Waals surface area (Å²) in [6, 6.07) is 5.96. The van der Waals surface area contributed by atoms with E-state index in [9.17, 15) is 12.8 Å². The van der Waals surface area contributed by atoms with E-state index in [0.717, 1.165) is 17.5 Å². The van der Waals surface area contributed by atoms with Crippen LogP contribution in [0.3, 0.4) is 0 Å². The molecule has 2 aromatic heterocycles. The van der Waals surface area contributed by atoms with Gasteiger partial charge in [0, 0.05) is 10.9 Å². The van der Waals surface area contributed by atoms with Gasteiger partial charge in [-0.1, -0.05) is 0 Å². The maximum absolute atomic E-state index is 12.9. The minimum atomic E-state index is -3.42. The van der Waals surface area contributed by atoms with Gasteiger partial charge in [0.15, 0.2) is 0 Å². The molecule has 0 saturated heterocycles. The molecule has 0 aliphatic rings. The smallest absolute Gasteiger partial charge is 0.250 e. The van der Waals surface area contributed by atoms with Gasteiger partial charge in [-0.2, -0.15) is 4.98 Å². The summed E-state index contributed by atoms with van der Waals surface area (Å²) in [5.41, 5.74) is 1.49. The summed E-state index contributed by atoms with van der Waals surface area (Å²) in [6.45, 7) is 0. The van der Waals surface area contributed by atoms with Gasteiger partial charge in [-0.15, -0.1) is 16.4 Å². The van der Waals surface area contributed by atoms with E-state index in [1.165, 1.54) is 28.0 Å². The van der Waals surface area contributed by atoms with Crippen LogP contribution >= 0.6 is 11.3 Å². The largest absolute Gasteiger partial charge is 0.257 e. The minimum absolute atomic E-state index is 0.0164. The van der Waals surface area contributed by atoms with Gasteiger partial charge in [0.2, 0.25) is 15.0 Å². The second-order valence-electron chi connectivity index (χ2n) is 4.13. The van der Waals surface area contributed by atoms with Gasteiger partial charge in [-0.05, 0) is 24.3 Å². The lowest BCUT2D eigenvalue weighted by Gasteiger charge is -1.98. The van der Waals surface area contributed by atoms with Gasteiger partial charge < -0.3 is 0 Å². The number of rotatable bonds is 3. The first kappa shape index (κ1) is 13.0. The Hall–Kier alpha value is -2.00. The van der Waals surface area contributed by atoms with Crippen molar-refractivity contribution in [3.8, 4) is 11.3 Å². The molecular weight excluding hydrogens is 303 g/mol. The Labute approximate surface area is 117 Å². The van der Waals surface area contributed by atoms with Crippen LogP contribution in [0.5, 0.6) is 0 Å². The van der Waals surface area contributed by atoms with Crippen molar-refractivity contribution >= 4 is 32.3 Å². The van der Waals surface area contributed by atoms with Crippen LogP contribution in [0.4, 0.5) is 10.3 Å². The van der Waals surface area contributed by atoms with Crippen LogP contribution in [0, 0.1) is 5.82 Å². The summed E-state index contributed by atoms with van der Waals surface area (Å²) >= 11 is 1.32.